The minimum atomic E-state index is -4.74. The van der Waals surface area contributed by atoms with E-state index in [4.69, 9.17) is 4.74 Å². The summed E-state index contributed by atoms with van der Waals surface area (Å²) in [5.41, 5.74) is 6.21. The molecule has 0 unspecified atom stereocenters. The predicted octanol–water partition coefficient (Wildman–Crippen LogP) is 2.53. The highest BCUT2D eigenvalue weighted by Crippen LogP contribution is 2.22. The fraction of sp³-hybridized carbons (Fsp3) is 0.263. The van der Waals surface area contributed by atoms with E-state index in [2.05, 4.69) is 10.9 Å². The molecule has 1 atom stereocenters. The molecule has 0 aliphatic carbocycles. The zero-order valence-corrected chi connectivity index (χ0v) is 16.7. The van der Waals surface area contributed by atoms with Gasteiger partial charge in [0.1, 0.15) is 5.75 Å². The number of ether oxygens (including phenoxy) is 1. The fourth-order valence-electron chi connectivity index (χ4n) is 2.29. The molecule has 2 aromatic rings. The molecule has 7 nitrogen and oxygen atoms in total. The average Bonchev–Trinajstić information content (AvgIpc) is 2.69. The molecule has 10 heteroatoms. The zero-order valence-electron chi connectivity index (χ0n) is 15.9. The maximum absolute atomic E-state index is 12.5. The lowest BCUT2D eigenvalue weighted by molar-refractivity contribution is -0.128. The normalized spacial score (nSPS) is 12.3. The van der Waals surface area contributed by atoms with Gasteiger partial charge in [-0.3, -0.25) is 20.4 Å². The number of hydrazine groups is 1. The molecule has 2 aromatic carbocycles. The summed E-state index contributed by atoms with van der Waals surface area (Å²) >= 11 is 0. The minimum absolute atomic E-state index is 0.0263. The van der Waals surface area contributed by atoms with Gasteiger partial charge in [0, 0.05) is 5.56 Å². The van der Waals surface area contributed by atoms with Crippen LogP contribution in [-0.2, 0) is 14.6 Å². The Hall–Kier alpha value is -3.01. The molecule has 2 rings (SSSR count). The first-order valence-electron chi connectivity index (χ1n) is 8.49. The van der Waals surface area contributed by atoms with Gasteiger partial charge in [-0.25, -0.2) is 8.42 Å². The molecule has 0 saturated carbocycles. The van der Waals surface area contributed by atoms with Gasteiger partial charge in [-0.1, -0.05) is 12.1 Å². The summed E-state index contributed by atoms with van der Waals surface area (Å²) in [5.74, 6) is -4.38. The molecule has 29 heavy (non-hydrogen) atoms. The maximum atomic E-state index is 12.5. The summed E-state index contributed by atoms with van der Waals surface area (Å²) in [4.78, 5) is 23.6. The largest absolute Gasteiger partial charge is 0.481 e. The van der Waals surface area contributed by atoms with Crippen molar-refractivity contribution >= 4 is 21.7 Å². The smallest absolute Gasteiger partial charge is 0.341 e. The molecule has 0 aliphatic rings. The number of benzene rings is 2. The summed E-state index contributed by atoms with van der Waals surface area (Å²) in [5, 5.41) is 0. The Morgan fingerprint density at radius 1 is 1.00 bits per heavy atom. The number of rotatable bonds is 6. The lowest BCUT2D eigenvalue weighted by Gasteiger charge is -2.17. The number of amides is 2. The highest BCUT2D eigenvalue weighted by molar-refractivity contribution is 7.91. The van der Waals surface area contributed by atoms with Crippen LogP contribution in [0.15, 0.2) is 47.4 Å². The van der Waals surface area contributed by atoms with Gasteiger partial charge in [-0.15, -0.1) is 0 Å². The van der Waals surface area contributed by atoms with Crippen LogP contribution in [-0.4, -0.2) is 32.1 Å². The molecule has 0 spiro atoms. The first-order valence-corrected chi connectivity index (χ1v) is 10.0. The Bertz CT molecular complexity index is 1010. The average molecular weight is 426 g/mol. The second-order valence-electron chi connectivity index (χ2n) is 6.23. The molecule has 0 aromatic heterocycles. The third-order valence-corrected chi connectivity index (χ3v) is 5.61. The molecule has 0 aliphatic heterocycles. The van der Waals surface area contributed by atoms with Crippen molar-refractivity contribution in [3.63, 3.8) is 0 Å². The van der Waals surface area contributed by atoms with Crippen molar-refractivity contribution in [2.75, 3.05) is 0 Å². The molecular formula is C19H20F2N2O5S. The van der Waals surface area contributed by atoms with Crippen LogP contribution in [0.2, 0.25) is 0 Å². The molecule has 0 bridgehead atoms. The topological polar surface area (TPSA) is 102 Å². The van der Waals surface area contributed by atoms with Crippen molar-refractivity contribution < 1.29 is 31.5 Å². The van der Waals surface area contributed by atoms with E-state index in [0.717, 1.165) is 35.4 Å². The SMILES string of the molecule is Cc1cccc(O[C@H](C)C(=O)NNC(=O)c2ccc(S(=O)(=O)C(F)F)cc2)c1C. The summed E-state index contributed by atoms with van der Waals surface area (Å²) in [6, 6.07) is 9.33. The van der Waals surface area contributed by atoms with Crippen molar-refractivity contribution in [1.82, 2.24) is 10.9 Å². The van der Waals surface area contributed by atoms with Crippen molar-refractivity contribution in [3.05, 3.63) is 59.2 Å². The number of hydrogen-bond acceptors (Lipinski definition) is 5. The van der Waals surface area contributed by atoms with Gasteiger partial charge in [-0.2, -0.15) is 8.78 Å². The predicted molar refractivity (Wildman–Crippen MR) is 101 cm³/mol. The molecule has 0 saturated heterocycles. The molecule has 156 valence electrons. The van der Waals surface area contributed by atoms with Crippen LogP contribution in [0.4, 0.5) is 8.78 Å². The number of halogens is 2. The quantitative estimate of drug-likeness (QED) is 0.692. The summed E-state index contributed by atoms with van der Waals surface area (Å²) in [7, 11) is -4.74. The molecule has 2 amide bonds. The molecule has 2 N–H and O–H groups in total. The standard InChI is InChI=1S/C19H20F2N2O5S/c1-11-5-4-6-16(12(11)2)28-13(3)17(24)22-23-18(25)14-7-9-15(10-8-14)29(26,27)19(20)21/h4-10,13,19H,1-3H3,(H,22,24)(H,23,25)/t13-/m1/s1. The van der Waals surface area contributed by atoms with E-state index < -0.39 is 38.4 Å². The summed E-state index contributed by atoms with van der Waals surface area (Å²) < 4.78 is 53.4. The van der Waals surface area contributed by atoms with Gasteiger partial charge in [0.15, 0.2) is 6.10 Å². The van der Waals surface area contributed by atoms with Gasteiger partial charge in [0.25, 0.3) is 11.8 Å². The molecule has 0 fully saturated rings. The molecular weight excluding hydrogens is 406 g/mol. The third kappa shape index (κ3) is 5.29. The third-order valence-electron chi connectivity index (χ3n) is 4.21. The van der Waals surface area contributed by atoms with Gasteiger partial charge < -0.3 is 4.74 Å². The lowest BCUT2D eigenvalue weighted by Crippen LogP contribution is -2.47. The van der Waals surface area contributed by atoms with E-state index in [0.29, 0.717) is 5.75 Å². The van der Waals surface area contributed by atoms with Crippen molar-refractivity contribution in [2.45, 2.75) is 37.5 Å². The molecule has 0 heterocycles. The second kappa shape index (κ2) is 8.99. The monoisotopic (exact) mass is 426 g/mol. The first kappa shape index (κ1) is 22.3. The Morgan fingerprint density at radius 3 is 2.21 bits per heavy atom. The Labute approximate surface area is 167 Å². The van der Waals surface area contributed by atoms with Crippen LogP contribution in [0, 0.1) is 13.8 Å². The van der Waals surface area contributed by atoms with Crippen molar-refractivity contribution in [3.8, 4) is 5.75 Å². The Balaban J connectivity index is 1.96. The van der Waals surface area contributed by atoms with E-state index in [1.807, 2.05) is 19.9 Å². The fourth-order valence-corrected chi connectivity index (χ4v) is 3.01. The zero-order chi connectivity index (χ0) is 21.8. The van der Waals surface area contributed by atoms with Gasteiger partial charge >= 0.3 is 5.76 Å². The van der Waals surface area contributed by atoms with Gasteiger partial charge in [0.2, 0.25) is 9.84 Å². The van der Waals surface area contributed by atoms with Gasteiger partial charge in [0.05, 0.1) is 4.90 Å². The highest BCUT2D eigenvalue weighted by Gasteiger charge is 2.26. The van der Waals surface area contributed by atoms with E-state index in [1.54, 1.807) is 12.1 Å². The van der Waals surface area contributed by atoms with E-state index >= 15 is 0 Å². The van der Waals surface area contributed by atoms with Crippen molar-refractivity contribution in [1.29, 1.82) is 0 Å². The van der Waals surface area contributed by atoms with Crippen LogP contribution < -0.4 is 15.6 Å². The van der Waals surface area contributed by atoms with Crippen LogP contribution in [0.3, 0.4) is 0 Å². The van der Waals surface area contributed by atoms with Crippen LogP contribution in [0.1, 0.15) is 28.4 Å². The van der Waals surface area contributed by atoms with Gasteiger partial charge in [-0.05, 0) is 62.2 Å². The summed E-state index contributed by atoms with van der Waals surface area (Å²) in [6.45, 7) is 5.27. The maximum Gasteiger partial charge on any atom is 0.341 e. The number of nitrogens with one attached hydrogen (secondary N) is 2. The Morgan fingerprint density at radius 2 is 1.62 bits per heavy atom. The van der Waals surface area contributed by atoms with E-state index in [-0.39, 0.29) is 5.56 Å². The minimum Gasteiger partial charge on any atom is -0.481 e. The van der Waals surface area contributed by atoms with E-state index in [9.17, 15) is 26.8 Å². The summed E-state index contributed by atoms with van der Waals surface area (Å²) in [6.07, 6.45) is -0.908. The number of hydrogen-bond donors (Lipinski definition) is 2. The lowest BCUT2D eigenvalue weighted by atomic mass is 10.1. The number of alkyl halides is 2. The van der Waals surface area contributed by atoms with Crippen LogP contribution in [0.25, 0.3) is 0 Å². The van der Waals surface area contributed by atoms with Crippen LogP contribution >= 0.6 is 0 Å². The number of sulfone groups is 1. The first-order chi connectivity index (χ1) is 13.5. The molecule has 0 radical (unpaired) electrons. The van der Waals surface area contributed by atoms with E-state index in [1.165, 1.54) is 6.92 Å². The number of aryl methyl sites for hydroxylation is 1. The number of carbonyl (C=O) groups excluding carboxylic acids is 2. The van der Waals surface area contributed by atoms with Crippen molar-refractivity contribution in [2.24, 2.45) is 0 Å². The van der Waals surface area contributed by atoms with Crippen LogP contribution in [0.5, 0.6) is 5.75 Å². The number of carbonyl (C=O) groups is 2. The second-order valence-corrected chi connectivity index (χ2v) is 8.15. The Kier molecular flexibility index (Phi) is 6.91. The highest BCUT2D eigenvalue weighted by atomic mass is 32.2.